The zero-order valence-electron chi connectivity index (χ0n) is 13.6. The molecule has 5 nitrogen and oxygen atoms in total. The molecule has 2 N–H and O–H groups in total. The molecule has 1 aliphatic rings. The van der Waals surface area contributed by atoms with E-state index in [0.29, 0.717) is 18.8 Å². The van der Waals surface area contributed by atoms with Crippen molar-refractivity contribution >= 4 is 11.7 Å². The number of carbonyl (C=O) groups excluding carboxylic acids is 1. The summed E-state index contributed by atoms with van der Waals surface area (Å²) < 4.78 is 5.57. The van der Waals surface area contributed by atoms with Gasteiger partial charge in [-0.25, -0.2) is 4.79 Å². The maximum absolute atomic E-state index is 12.5. The molecule has 0 aromatic heterocycles. The fraction of sp³-hybridized carbons (Fsp3) is 0.588. The van der Waals surface area contributed by atoms with Crippen molar-refractivity contribution in [2.24, 2.45) is 0 Å². The number of ether oxygens (including phenoxy) is 1. The first-order chi connectivity index (χ1) is 10.4. The van der Waals surface area contributed by atoms with Crippen LogP contribution >= 0.6 is 0 Å². The van der Waals surface area contributed by atoms with Gasteiger partial charge in [0.05, 0.1) is 18.2 Å². The summed E-state index contributed by atoms with van der Waals surface area (Å²) in [7, 11) is 0. The van der Waals surface area contributed by atoms with Crippen LogP contribution in [-0.2, 0) is 0 Å². The minimum Gasteiger partial charge on any atom is -0.494 e. The molecule has 1 aromatic carbocycles. The lowest BCUT2D eigenvalue weighted by Gasteiger charge is -2.33. The Hall–Kier alpha value is -1.75. The van der Waals surface area contributed by atoms with Crippen LogP contribution in [0.5, 0.6) is 5.75 Å². The number of benzene rings is 1. The van der Waals surface area contributed by atoms with Gasteiger partial charge >= 0.3 is 6.03 Å². The highest BCUT2D eigenvalue weighted by molar-refractivity contribution is 5.90. The number of hydrogen-bond acceptors (Lipinski definition) is 3. The van der Waals surface area contributed by atoms with Crippen molar-refractivity contribution in [3.05, 3.63) is 24.3 Å². The maximum atomic E-state index is 12.5. The Morgan fingerprint density at radius 3 is 2.95 bits per heavy atom. The van der Waals surface area contributed by atoms with E-state index in [9.17, 15) is 9.90 Å². The van der Waals surface area contributed by atoms with Gasteiger partial charge in [0, 0.05) is 18.3 Å². The summed E-state index contributed by atoms with van der Waals surface area (Å²) in [6.07, 6.45) is 2.69. The van der Waals surface area contributed by atoms with Crippen LogP contribution < -0.4 is 10.1 Å². The Bertz CT molecular complexity index is 511. The molecule has 2 rings (SSSR count). The van der Waals surface area contributed by atoms with Crippen molar-refractivity contribution in [2.75, 3.05) is 18.5 Å². The molecule has 5 heteroatoms. The van der Waals surface area contributed by atoms with E-state index in [1.54, 1.807) is 18.7 Å². The lowest BCUT2D eigenvalue weighted by Crippen LogP contribution is -2.49. The molecule has 1 aromatic rings. The predicted octanol–water partition coefficient (Wildman–Crippen LogP) is 3.24. The zero-order chi connectivity index (χ0) is 16.2. The van der Waals surface area contributed by atoms with E-state index in [2.05, 4.69) is 12.2 Å². The third kappa shape index (κ3) is 4.13. The van der Waals surface area contributed by atoms with Gasteiger partial charge in [-0.3, -0.25) is 0 Å². The quantitative estimate of drug-likeness (QED) is 0.878. The van der Waals surface area contributed by atoms with Crippen molar-refractivity contribution in [3.8, 4) is 5.75 Å². The van der Waals surface area contributed by atoms with E-state index in [1.165, 1.54) is 0 Å². The Morgan fingerprint density at radius 1 is 1.50 bits per heavy atom. The molecule has 1 heterocycles. The van der Waals surface area contributed by atoms with Crippen LogP contribution in [-0.4, -0.2) is 40.8 Å². The predicted molar refractivity (Wildman–Crippen MR) is 87.3 cm³/mol. The third-order valence-electron chi connectivity index (χ3n) is 3.89. The molecule has 0 radical (unpaired) electrons. The maximum Gasteiger partial charge on any atom is 0.322 e. The van der Waals surface area contributed by atoms with Gasteiger partial charge in [-0.2, -0.15) is 0 Å². The number of amides is 2. The highest BCUT2D eigenvalue weighted by atomic mass is 16.5. The highest BCUT2D eigenvalue weighted by Gasteiger charge is 2.38. The lowest BCUT2D eigenvalue weighted by molar-refractivity contribution is 0.0117. The Balaban J connectivity index is 2.02. The summed E-state index contributed by atoms with van der Waals surface area (Å²) >= 11 is 0. The van der Waals surface area contributed by atoms with Crippen molar-refractivity contribution in [3.63, 3.8) is 0 Å². The van der Waals surface area contributed by atoms with Crippen molar-refractivity contribution in [2.45, 2.75) is 51.7 Å². The number of rotatable bonds is 5. The number of aliphatic hydroxyl groups is 1. The Labute approximate surface area is 132 Å². The number of urea groups is 1. The summed E-state index contributed by atoms with van der Waals surface area (Å²) in [5.41, 5.74) is -0.181. The molecule has 2 amide bonds. The van der Waals surface area contributed by atoms with E-state index < -0.39 is 5.60 Å². The fourth-order valence-corrected chi connectivity index (χ4v) is 2.82. The first kappa shape index (κ1) is 16.6. The van der Waals surface area contributed by atoms with E-state index >= 15 is 0 Å². The molecule has 1 aliphatic heterocycles. The average molecular weight is 306 g/mol. The first-order valence-electron chi connectivity index (χ1n) is 7.94. The Morgan fingerprint density at radius 2 is 2.27 bits per heavy atom. The van der Waals surface area contributed by atoms with Crippen LogP contribution in [0.1, 0.15) is 40.0 Å². The topological polar surface area (TPSA) is 61.8 Å². The van der Waals surface area contributed by atoms with Crippen LogP contribution in [0.3, 0.4) is 0 Å². The number of anilines is 1. The molecule has 1 atom stereocenters. The lowest BCUT2D eigenvalue weighted by atomic mass is 9.97. The van der Waals surface area contributed by atoms with Crippen LogP contribution in [0.25, 0.3) is 0 Å². The number of carbonyl (C=O) groups is 1. The molecule has 0 spiro atoms. The van der Waals surface area contributed by atoms with Crippen molar-refractivity contribution in [1.29, 1.82) is 0 Å². The SMILES string of the molecule is CCCOc1cccc(NC(=O)N2CCCC2C(C)(C)O)c1. The molecule has 0 bridgehead atoms. The van der Waals surface area contributed by atoms with Gasteiger partial charge in [0.2, 0.25) is 0 Å². The molecule has 1 saturated heterocycles. The molecule has 1 unspecified atom stereocenters. The zero-order valence-corrected chi connectivity index (χ0v) is 13.6. The average Bonchev–Trinajstić information content (AvgIpc) is 2.95. The minimum atomic E-state index is -0.889. The van der Waals surface area contributed by atoms with Gasteiger partial charge in [0.1, 0.15) is 5.75 Å². The number of likely N-dealkylation sites (tertiary alicyclic amines) is 1. The van der Waals surface area contributed by atoms with Crippen LogP contribution in [0.2, 0.25) is 0 Å². The summed E-state index contributed by atoms with van der Waals surface area (Å²) in [5.74, 6) is 0.750. The summed E-state index contributed by atoms with van der Waals surface area (Å²) in [6.45, 7) is 6.89. The third-order valence-corrected chi connectivity index (χ3v) is 3.89. The number of hydrogen-bond donors (Lipinski definition) is 2. The normalized spacial score (nSPS) is 18.4. The molecule has 1 fully saturated rings. The molecule has 0 aliphatic carbocycles. The summed E-state index contributed by atoms with van der Waals surface area (Å²) in [4.78, 5) is 14.2. The molecule has 22 heavy (non-hydrogen) atoms. The van der Waals surface area contributed by atoms with Crippen LogP contribution in [0, 0.1) is 0 Å². The van der Waals surface area contributed by atoms with Crippen molar-refractivity contribution < 1.29 is 14.6 Å². The van der Waals surface area contributed by atoms with E-state index in [0.717, 1.165) is 25.0 Å². The van der Waals surface area contributed by atoms with Crippen LogP contribution in [0.4, 0.5) is 10.5 Å². The van der Waals surface area contributed by atoms with E-state index in [-0.39, 0.29) is 12.1 Å². The molecule has 122 valence electrons. The number of nitrogens with zero attached hydrogens (tertiary/aromatic N) is 1. The molecular formula is C17H26N2O3. The second-order valence-corrected chi connectivity index (χ2v) is 6.31. The van der Waals surface area contributed by atoms with Gasteiger partial charge < -0.3 is 20.1 Å². The van der Waals surface area contributed by atoms with Gasteiger partial charge in [-0.1, -0.05) is 13.0 Å². The van der Waals surface area contributed by atoms with Gasteiger partial charge in [-0.15, -0.1) is 0 Å². The standard InChI is InChI=1S/C17H26N2O3/c1-4-11-22-14-8-5-7-13(12-14)18-16(20)19-10-6-9-15(19)17(2,3)21/h5,7-8,12,15,21H,4,6,9-11H2,1-3H3,(H,18,20). The van der Waals surface area contributed by atoms with Crippen molar-refractivity contribution in [1.82, 2.24) is 4.90 Å². The van der Waals surface area contributed by atoms with Gasteiger partial charge in [-0.05, 0) is 45.2 Å². The van der Waals surface area contributed by atoms with Gasteiger partial charge in [0.25, 0.3) is 0 Å². The monoisotopic (exact) mass is 306 g/mol. The second-order valence-electron chi connectivity index (χ2n) is 6.31. The second kappa shape index (κ2) is 7.01. The largest absolute Gasteiger partial charge is 0.494 e. The van der Waals surface area contributed by atoms with E-state index in [1.807, 2.05) is 24.3 Å². The van der Waals surface area contributed by atoms with Gasteiger partial charge in [0.15, 0.2) is 0 Å². The fourth-order valence-electron chi connectivity index (χ4n) is 2.82. The smallest absolute Gasteiger partial charge is 0.322 e. The molecular weight excluding hydrogens is 280 g/mol. The van der Waals surface area contributed by atoms with E-state index in [4.69, 9.17) is 4.74 Å². The molecule has 0 saturated carbocycles. The summed E-state index contributed by atoms with van der Waals surface area (Å²) in [5, 5.41) is 13.1. The highest BCUT2D eigenvalue weighted by Crippen LogP contribution is 2.27. The Kier molecular flexibility index (Phi) is 5.29. The summed E-state index contributed by atoms with van der Waals surface area (Å²) in [6, 6.07) is 7.08. The minimum absolute atomic E-state index is 0.146. The number of nitrogens with one attached hydrogen (secondary N) is 1. The van der Waals surface area contributed by atoms with Crippen LogP contribution in [0.15, 0.2) is 24.3 Å². The first-order valence-corrected chi connectivity index (χ1v) is 7.94.